The third kappa shape index (κ3) is 6.48. The number of methoxy groups -OCH3 is 1. The van der Waals surface area contributed by atoms with Crippen LogP contribution < -0.4 is 26.6 Å². The highest BCUT2D eigenvalue weighted by molar-refractivity contribution is 5.97. The van der Waals surface area contributed by atoms with Crippen molar-refractivity contribution in [3.63, 3.8) is 0 Å². The molecule has 0 bridgehead atoms. The number of anilines is 1. The number of piperazine rings is 1. The number of benzene rings is 3. The Morgan fingerprint density at radius 1 is 0.886 bits per heavy atom. The van der Waals surface area contributed by atoms with Crippen molar-refractivity contribution < 1.29 is 18.3 Å². The molecule has 1 fully saturated rings. The summed E-state index contributed by atoms with van der Waals surface area (Å²) >= 11 is 0. The molecule has 1 aliphatic rings. The molecular formula is C33H35F2N5O4. The summed E-state index contributed by atoms with van der Waals surface area (Å²) in [5, 5.41) is 0. The molecule has 3 aromatic carbocycles. The highest BCUT2D eigenvalue weighted by Crippen LogP contribution is 2.21. The zero-order valence-electron chi connectivity index (χ0n) is 24.7. The van der Waals surface area contributed by atoms with E-state index in [1.165, 1.54) is 10.6 Å². The minimum absolute atomic E-state index is 0.0324. The van der Waals surface area contributed by atoms with Crippen LogP contribution in [0.4, 0.5) is 14.5 Å². The first-order valence-corrected chi connectivity index (χ1v) is 14.4. The number of ether oxygens (including phenoxy) is 1. The number of ketones is 1. The van der Waals surface area contributed by atoms with Gasteiger partial charge in [0.05, 0.1) is 26.7 Å². The molecule has 1 atom stereocenters. The maximum atomic E-state index is 14.7. The van der Waals surface area contributed by atoms with Crippen LogP contribution in [0.2, 0.25) is 0 Å². The topological polar surface area (TPSA) is 103 Å². The van der Waals surface area contributed by atoms with Crippen LogP contribution >= 0.6 is 0 Å². The molecule has 44 heavy (non-hydrogen) atoms. The van der Waals surface area contributed by atoms with Gasteiger partial charge in [-0.1, -0.05) is 36.4 Å². The Kier molecular flexibility index (Phi) is 9.36. The van der Waals surface area contributed by atoms with Gasteiger partial charge in [0.15, 0.2) is 5.78 Å². The zero-order chi connectivity index (χ0) is 31.4. The highest BCUT2D eigenvalue weighted by Gasteiger charge is 2.27. The van der Waals surface area contributed by atoms with Gasteiger partial charge >= 0.3 is 5.69 Å². The van der Waals surface area contributed by atoms with Gasteiger partial charge in [0.1, 0.15) is 23.1 Å². The number of rotatable bonds is 10. The number of Topliss-reactive ketones (excluding diaryl/α,β-unsaturated/α-hetero) is 1. The summed E-state index contributed by atoms with van der Waals surface area (Å²) in [6, 6.07) is 18.9. The normalized spacial score (nSPS) is 14.4. The van der Waals surface area contributed by atoms with E-state index in [0.29, 0.717) is 43.2 Å². The van der Waals surface area contributed by atoms with E-state index in [9.17, 15) is 23.2 Å². The van der Waals surface area contributed by atoms with Crippen LogP contribution in [-0.4, -0.2) is 59.7 Å². The van der Waals surface area contributed by atoms with E-state index in [-0.39, 0.29) is 30.1 Å². The molecule has 0 aliphatic carbocycles. The first-order chi connectivity index (χ1) is 21.2. The van der Waals surface area contributed by atoms with E-state index in [1.54, 1.807) is 38.3 Å². The average molecular weight is 604 g/mol. The SMILES string of the molecule is COc1ccc(C(=O)CN2CCN(c3c(C)n(Cc4c(F)cccc4F)c(=O)n(C[C@@H](N)c4ccccc4)c3=O)CC2)cc1. The second-order valence-electron chi connectivity index (χ2n) is 10.9. The summed E-state index contributed by atoms with van der Waals surface area (Å²) in [7, 11) is 1.56. The van der Waals surface area contributed by atoms with E-state index in [4.69, 9.17) is 10.5 Å². The number of nitrogens with two attached hydrogens (primary N) is 1. The van der Waals surface area contributed by atoms with Gasteiger partial charge in [0.25, 0.3) is 5.56 Å². The molecule has 4 aromatic rings. The molecule has 230 valence electrons. The molecule has 0 amide bonds. The van der Waals surface area contributed by atoms with Crippen LogP contribution in [-0.2, 0) is 13.1 Å². The fourth-order valence-corrected chi connectivity index (χ4v) is 5.54. The van der Waals surface area contributed by atoms with Crippen molar-refractivity contribution in [2.45, 2.75) is 26.1 Å². The van der Waals surface area contributed by atoms with Crippen LogP contribution in [0.5, 0.6) is 5.75 Å². The number of carbonyl (C=O) groups excluding carboxylic acids is 1. The summed E-state index contributed by atoms with van der Waals surface area (Å²) in [6.07, 6.45) is 0. The molecule has 1 saturated heterocycles. The van der Waals surface area contributed by atoms with E-state index in [0.717, 1.165) is 22.3 Å². The lowest BCUT2D eigenvalue weighted by Gasteiger charge is -2.36. The van der Waals surface area contributed by atoms with Crippen LogP contribution in [0.25, 0.3) is 0 Å². The number of halogens is 2. The largest absolute Gasteiger partial charge is 0.497 e. The van der Waals surface area contributed by atoms with Gasteiger partial charge < -0.3 is 15.4 Å². The second-order valence-corrected chi connectivity index (χ2v) is 10.9. The Balaban J connectivity index is 1.44. The van der Waals surface area contributed by atoms with Crippen LogP contribution in [0.3, 0.4) is 0 Å². The van der Waals surface area contributed by atoms with Gasteiger partial charge in [-0.05, 0) is 48.9 Å². The fraction of sp³-hybridized carbons (Fsp3) is 0.303. The van der Waals surface area contributed by atoms with E-state index in [2.05, 4.69) is 0 Å². The monoisotopic (exact) mass is 603 g/mol. The van der Waals surface area contributed by atoms with Crippen molar-refractivity contribution in [3.8, 4) is 5.75 Å². The Bertz CT molecular complexity index is 1730. The van der Waals surface area contributed by atoms with Gasteiger partial charge in [-0.25, -0.2) is 13.6 Å². The number of nitrogens with zero attached hydrogens (tertiary/aromatic N) is 4. The zero-order valence-corrected chi connectivity index (χ0v) is 24.7. The first kappa shape index (κ1) is 30.8. The third-order valence-corrected chi connectivity index (χ3v) is 8.11. The predicted octanol–water partition coefficient (Wildman–Crippen LogP) is 3.36. The van der Waals surface area contributed by atoms with Gasteiger partial charge in [-0.15, -0.1) is 0 Å². The van der Waals surface area contributed by atoms with Gasteiger partial charge in [-0.3, -0.25) is 23.6 Å². The second kappa shape index (κ2) is 13.4. The van der Waals surface area contributed by atoms with E-state index >= 15 is 0 Å². The summed E-state index contributed by atoms with van der Waals surface area (Å²) in [5.41, 5.74) is 6.81. The van der Waals surface area contributed by atoms with Gasteiger partial charge in [-0.2, -0.15) is 0 Å². The number of hydrogen-bond acceptors (Lipinski definition) is 7. The van der Waals surface area contributed by atoms with E-state index < -0.39 is 35.5 Å². The molecule has 0 spiro atoms. The molecule has 9 nitrogen and oxygen atoms in total. The minimum Gasteiger partial charge on any atom is -0.497 e. The molecule has 0 unspecified atom stereocenters. The van der Waals surface area contributed by atoms with Crippen LogP contribution in [0.15, 0.2) is 82.4 Å². The summed E-state index contributed by atoms with van der Waals surface area (Å²) < 4.78 is 36.8. The molecule has 0 saturated carbocycles. The quantitative estimate of drug-likeness (QED) is 0.278. The highest BCUT2D eigenvalue weighted by atomic mass is 19.1. The van der Waals surface area contributed by atoms with Crippen molar-refractivity contribution in [2.75, 3.05) is 44.7 Å². The molecule has 0 radical (unpaired) electrons. The standard InChI is InChI=1S/C33H35F2N5O4/c1-22-31(38-17-15-37(16-18-38)21-30(41)24-11-13-25(44-2)14-12-24)32(42)40(20-29(36)23-7-4-3-5-8-23)33(43)39(22)19-26-27(34)9-6-10-28(26)35/h3-14,29H,15-21,36H2,1-2H3/t29-/m1/s1. The van der Waals surface area contributed by atoms with E-state index in [1.807, 2.05) is 40.1 Å². The molecule has 11 heteroatoms. The summed E-state index contributed by atoms with van der Waals surface area (Å²) in [6.45, 7) is 3.10. The lowest BCUT2D eigenvalue weighted by atomic mass is 10.1. The van der Waals surface area contributed by atoms with Crippen LogP contribution in [0.1, 0.15) is 33.2 Å². The van der Waals surface area contributed by atoms with Crippen molar-refractivity contribution in [1.82, 2.24) is 14.0 Å². The van der Waals surface area contributed by atoms with Crippen LogP contribution in [0, 0.1) is 18.6 Å². The fourth-order valence-electron chi connectivity index (χ4n) is 5.54. The number of carbonyl (C=O) groups is 1. The Labute approximate surface area is 253 Å². The Morgan fingerprint density at radius 3 is 2.14 bits per heavy atom. The van der Waals surface area contributed by atoms with Gasteiger partial charge in [0.2, 0.25) is 0 Å². The third-order valence-electron chi connectivity index (χ3n) is 8.11. The molecule has 2 heterocycles. The number of hydrogen-bond donors (Lipinski definition) is 1. The minimum atomic E-state index is -0.785. The molecule has 1 aromatic heterocycles. The van der Waals surface area contributed by atoms with Crippen molar-refractivity contribution >= 4 is 11.5 Å². The van der Waals surface area contributed by atoms with Gasteiger partial charge in [0, 0.05) is 49.0 Å². The summed E-state index contributed by atoms with van der Waals surface area (Å²) in [5.74, 6) is -0.937. The lowest BCUT2D eigenvalue weighted by Crippen LogP contribution is -2.52. The molecule has 2 N–H and O–H groups in total. The van der Waals surface area contributed by atoms with Crippen molar-refractivity contribution in [3.05, 3.63) is 128 Å². The Morgan fingerprint density at radius 2 is 1.52 bits per heavy atom. The Hall–Kier alpha value is -4.61. The molecule has 1 aliphatic heterocycles. The van der Waals surface area contributed by atoms with Crippen molar-refractivity contribution in [1.29, 1.82) is 0 Å². The molecule has 5 rings (SSSR count). The first-order valence-electron chi connectivity index (χ1n) is 14.4. The smallest absolute Gasteiger partial charge is 0.331 e. The lowest BCUT2D eigenvalue weighted by molar-refractivity contribution is 0.0926. The number of aromatic nitrogens is 2. The average Bonchev–Trinajstić information content (AvgIpc) is 3.03. The molecular weight excluding hydrogens is 568 g/mol. The van der Waals surface area contributed by atoms with Crippen molar-refractivity contribution in [2.24, 2.45) is 5.73 Å². The maximum Gasteiger partial charge on any atom is 0.331 e. The summed E-state index contributed by atoms with van der Waals surface area (Å²) in [4.78, 5) is 44.4. The predicted molar refractivity (Wildman–Crippen MR) is 165 cm³/mol. The maximum absolute atomic E-state index is 14.7.